The van der Waals surface area contributed by atoms with Crippen LogP contribution in [0.4, 0.5) is 11.4 Å². The van der Waals surface area contributed by atoms with E-state index in [1.807, 2.05) is 18.2 Å². The van der Waals surface area contributed by atoms with Crippen molar-refractivity contribution in [1.82, 2.24) is 0 Å². The molecule has 1 aliphatic rings. The third-order valence-corrected chi connectivity index (χ3v) is 2.58. The normalized spacial score (nSPS) is 14.6. The second-order valence-corrected chi connectivity index (χ2v) is 4.11. The Hall–Kier alpha value is -1.55. The molecule has 0 aromatic heterocycles. The summed E-state index contributed by atoms with van der Waals surface area (Å²) in [6.45, 7) is 0.511. The van der Waals surface area contributed by atoms with Gasteiger partial charge in [0.25, 0.3) is 0 Å². The molecule has 0 spiro atoms. The number of nitrogens with one attached hydrogen (secondary N) is 2. The van der Waals surface area contributed by atoms with Crippen LogP contribution >= 0.6 is 0 Å². The van der Waals surface area contributed by atoms with Crippen molar-refractivity contribution in [3.05, 3.63) is 24.3 Å². The van der Waals surface area contributed by atoms with Gasteiger partial charge in [-0.25, -0.2) is 0 Å². The molecule has 0 bridgehead atoms. The molecule has 4 heteroatoms. The molecule has 1 saturated carbocycles. The fourth-order valence-corrected chi connectivity index (χ4v) is 1.49. The molecule has 0 atom stereocenters. The van der Waals surface area contributed by atoms with Gasteiger partial charge in [-0.3, -0.25) is 4.79 Å². The summed E-state index contributed by atoms with van der Waals surface area (Å²) in [5, 5.41) is 14.6. The summed E-state index contributed by atoms with van der Waals surface area (Å²) >= 11 is 0. The van der Waals surface area contributed by atoms with Crippen LogP contribution in [0.1, 0.15) is 12.8 Å². The molecule has 16 heavy (non-hydrogen) atoms. The number of rotatable bonds is 5. The number of aliphatic hydroxyl groups excluding tert-OH is 1. The van der Waals surface area contributed by atoms with Crippen molar-refractivity contribution in [1.29, 1.82) is 0 Å². The monoisotopic (exact) mass is 220 g/mol. The SMILES string of the molecule is O=C(CO)Nc1cccc(NCC2CC2)c1. The molecule has 1 aromatic carbocycles. The van der Waals surface area contributed by atoms with E-state index in [1.165, 1.54) is 12.8 Å². The van der Waals surface area contributed by atoms with Crippen LogP contribution < -0.4 is 10.6 Å². The van der Waals surface area contributed by atoms with Crippen molar-refractivity contribution in [3.8, 4) is 0 Å². The van der Waals surface area contributed by atoms with Gasteiger partial charge >= 0.3 is 0 Å². The van der Waals surface area contributed by atoms with Crippen LogP contribution in [0.5, 0.6) is 0 Å². The summed E-state index contributed by atoms with van der Waals surface area (Å²) in [6.07, 6.45) is 2.63. The minimum atomic E-state index is -0.486. The third kappa shape index (κ3) is 3.24. The number of hydrogen-bond donors (Lipinski definition) is 3. The van der Waals surface area contributed by atoms with Crippen molar-refractivity contribution < 1.29 is 9.90 Å². The zero-order chi connectivity index (χ0) is 11.4. The topological polar surface area (TPSA) is 61.4 Å². The number of amides is 1. The molecule has 1 amide bonds. The number of carbonyl (C=O) groups is 1. The van der Waals surface area contributed by atoms with Crippen molar-refractivity contribution >= 4 is 17.3 Å². The lowest BCUT2D eigenvalue weighted by Gasteiger charge is -2.08. The summed E-state index contributed by atoms with van der Waals surface area (Å²) in [7, 11) is 0. The van der Waals surface area contributed by atoms with Crippen molar-refractivity contribution in [2.45, 2.75) is 12.8 Å². The molecule has 1 aliphatic carbocycles. The fourth-order valence-electron chi connectivity index (χ4n) is 1.49. The molecule has 1 fully saturated rings. The zero-order valence-corrected chi connectivity index (χ0v) is 9.07. The van der Waals surface area contributed by atoms with Crippen LogP contribution in [-0.2, 0) is 4.79 Å². The van der Waals surface area contributed by atoms with E-state index in [0.717, 1.165) is 18.2 Å². The van der Waals surface area contributed by atoms with Gasteiger partial charge in [-0.1, -0.05) is 6.07 Å². The highest BCUT2D eigenvalue weighted by molar-refractivity contribution is 5.91. The van der Waals surface area contributed by atoms with E-state index in [1.54, 1.807) is 6.07 Å². The maximum absolute atomic E-state index is 11.0. The molecular weight excluding hydrogens is 204 g/mol. The lowest BCUT2D eigenvalue weighted by molar-refractivity contribution is -0.118. The Morgan fingerprint density at radius 3 is 2.81 bits per heavy atom. The average molecular weight is 220 g/mol. The standard InChI is InChI=1S/C12H16N2O2/c15-8-12(16)14-11-3-1-2-10(6-11)13-7-9-4-5-9/h1-3,6,9,13,15H,4-5,7-8H2,(H,14,16). The van der Waals surface area contributed by atoms with E-state index in [-0.39, 0.29) is 5.91 Å². The van der Waals surface area contributed by atoms with Crippen molar-refractivity contribution in [2.75, 3.05) is 23.8 Å². The Morgan fingerprint density at radius 1 is 1.38 bits per heavy atom. The van der Waals surface area contributed by atoms with E-state index in [9.17, 15) is 4.79 Å². The summed E-state index contributed by atoms with van der Waals surface area (Å²) < 4.78 is 0. The summed E-state index contributed by atoms with van der Waals surface area (Å²) in [4.78, 5) is 11.0. The van der Waals surface area contributed by atoms with Crippen molar-refractivity contribution in [2.24, 2.45) is 5.92 Å². The Kier molecular flexibility index (Phi) is 3.41. The predicted octanol–water partition coefficient (Wildman–Crippen LogP) is 1.44. The minimum Gasteiger partial charge on any atom is -0.387 e. The van der Waals surface area contributed by atoms with Gasteiger partial charge in [0, 0.05) is 17.9 Å². The number of carbonyl (C=O) groups excluding carboxylic acids is 1. The number of anilines is 2. The summed E-state index contributed by atoms with van der Waals surface area (Å²) in [6, 6.07) is 7.52. The first kappa shape index (κ1) is 11.0. The largest absolute Gasteiger partial charge is 0.387 e. The van der Waals surface area contributed by atoms with E-state index < -0.39 is 6.61 Å². The van der Waals surface area contributed by atoms with Gasteiger partial charge in [0.05, 0.1) is 0 Å². The molecule has 0 radical (unpaired) electrons. The Morgan fingerprint density at radius 2 is 2.12 bits per heavy atom. The van der Waals surface area contributed by atoms with Gasteiger partial charge in [-0.2, -0.15) is 0 Å². The second kappa shape index (κ2) is 4.99. The Bertz CT molecular complexity index is 375. The third-order valence-electron chi connectivity index (χ3n) is 2.58. The molecule has 86 valence electrons. The van der Waals surface area contributed by atoms with Gasteiger partial charge in [-0.05, 0) is 37.0 Å². The van der Waals surface area contributed by atoms with E-state index >= 15 is 0 Å². The highest BCUT2D eigenvalue weighted by Gasteiger charge is 2.20. The second-order valence-electron chi connectivity index (χ2n) is 4.11. The molecule has 0 unspecified atom stereocenters. The predicted molar refractivity (Wildman–Crippen MR) is 63.4 cm³/mol. The smallest absolute Gasteiger partial charge is 0.250 e. The maximum atomic E-state index is 11.0. The van der Waals surface area contributed by atoms with Gasteiger partial charge in [-0.15, -0.1) is 0 Å². The summed E-state index contributed by atoms with van der Waals surface area (Å²) in [5.74, 6) is 0.426. The summed E-state index contributed by atoms with van der Waals surface area (Å²) in [5.41, 5.74) is 1.71. The molecule has 2 rings (SSSR count). The first-order chi connectivity index (χ1) is 7.78. The van der Waals surface area contributed by atoms with Gasteiger partial charge in [0.15, 0.2) is 0 Å². The van der Waals surface area contributed by atoms with Gasteiger partial charge in [0.2, 0.25) is 5.91 Å². The Balaban J connectivity index is 1.92. The first-order valence-corrected chi connectivity index (χ1v) is 5.52. The highest BCUT2D eigenvalue weighted by Crippen LogP contribution is 2.29. The molecule has 3 N–H and O–H groups in total. The molecule has 1 aromatic rings. The van der Waals surface area contributed by atoms with Crippen LogP contribution in [-0.4, -0.2) is 24.2 Å². The van der Waals surface area contributed by atoms with Crippen LogP contribution in [0.15, 0.2) is 24.3 Å². The van der Waals surface area contributed by atoms with Crippen molar-refractivity contribution in [3.63, 3.8) is 0 Å². The molecular formula is C12H16N2O2. The van der Waals surface area contributed by atoms with E-state index in [4.69, 9.17) is 5.11 Å². The van der Waals surface area contributed by atoms with Gasteiger partial charge in [0.1, 0.15) is 6.61 Å². The lowest BCUT2D eigenvalue weighted by atomic mass is 10.2. The van der Waals surface area contributed by atoms with Crippen LogP contribution in [0.3, 0.4) is 0 Å². The van der Waals surface area contributed by atoms with Crippen LogP contribution in [0.2, 0.25) is 0 Å². The fraction of sp³-hybridized carbons (Fsp3) is 0.417. The quantitative estimate of drug-likeness (QED) is 0.703. The number of hydrogen-bond acceptors (Lipinski definition) is 3. The minimum absolute atomic E-state index is 0.389. The van der Waals surface area contributed by atoms with E-state index in [0.29, 0.717) is 5.69 Å². The number of aliphatic hydroxyl groups is 1. The van der Waals surface area contributed by atoms with Crippen LogP contribution in [0, 0.1) is 5.92 Å². The molecule has 0 heterocycles. The molecule has 0 aliphatic heterocycles. The van der Waals surface area contributed by atoms with Gasteiger partial charge < -0.3 is 15.7 Å². The highest BCUT2D eigenvalue weighted by atomic mass is 16.3. The maximum Gasteiger partial charge on any atom is 0.250 e. The first-order valence-electron chi connectivity index (χ1n) is 5.52. The lowest BCUT2D eigenvalue weighted by Crippen LogP contribution is -2.15. The van der Waals surface area contributed by atoms with E-state index in [2.05, 4.69) is 10.6 Å². The van der Waals surface area contributed by atoms with Crippen LogP contribution in [0.25, 0.3) is 0 Å². The average Bonchev–Trinajstić information content (AvgIpc) is 3.10. The number of benzene rings is 1. The Labute approximate surface area is 94.7 Å². The zero-order valence-electron chi connectivity index (χ0n) is 9.07. The molecule has 4 nitrogen and oxygen atoms in total. The molecule has 0 saturated heterocycles.